The van der Waals surface area contributed by atoms with Crippen LogP contribution >= 0.6 is 22.9 Å². The molecule has 5 nitrogen and oxygen atoms in total. The molecule has 2 aromatic carbocycles. The van der Waals surface area contributed by atoms with Gasteiger partial charge < -0.3 is 10.1 Å². The number of esters is 1. The second-order valence-corrected chi connectivity index (χ2v) is 7.19. The van der Waals surface area contributed by atoms with Crippen molar-refractivity contribution in [3.8, 4) is 10.6 Å². The molecule has 0 fully saturated rings. The fourth-order valence-electron chi connectivity index (χ4n) is 2.52. The van der Waals surface area contributed by atoms with Crippen molar-refractivity contribution in [3.63, 3.8) is 0 Å². The van der Waals surface area contributed by atoms with Gasteiger partial charge in [0.2, 0.25) is 5.91 Å². The number of ether oxygens (including phenoxy) is 1. The molecule has 0 saturated carbocycles. The van der Waals surface area contributed by atoms with Gasteiger partial charge in [-0.15, -0.1) is 11.3 Å². The Kier molecular flexibility index (Phi) is 5.88. The number of benzene rings is 2. The molecule has 0 aliphatic rings. The Morgan fingerprint density at radius 1 is 1.22 bits per heavy atom. The van der Waals surface area contributed by atoms with E-state index in [-0.39, 0.29) is 12.3 Å². The molecular formula is C20H17ClN2O3S. The van der Waals surface area contributed by atoms with Crippen LogP contribution in [0.15, 0.2) is 47.8 Å². The molecule has 138 valence electrons. The Bertz CT molecular complexity index is 1000. The number of aromatic nitrogens is 1. The predicted octanol–water partition coefficient (Wildman–Crippen LogP) is 4.74. The van der Waals surface area contributed by atoms with Crippen LogP contribution in [0.5, 0.6) is 0 Å². The van der Waals surface area contributed by atoms with Crippen molar-refractivity contribution in [2.45, 2.75) is 13.3 Å². The van der Waals surface area contributed by atoms with Crippen molar-refractivity contribution in [1.82, 2.24) is 4.98 Å². The number of rotatable bonds is 5. The van der Waals surface area contributed by atoms with Crippen LogP contribution in [0.2, 0.25) is 5.02 Å². The molecule has 1 aromatic heterocycles. The first-order valence-electron chi connectivity index (χ1n) is 8.15. The summed E-state index contributed by atoms with van der Waals surface area (Å²) in [5.74, 6) is -0.760. The van der Waals surface area contributed by atoms with E-state index in [2.05, 4.69) is 21.1 Å². The molecule has 0 unspecified atom stereocenters. The number of hydrogen-bond acceptors (Lipinski definition) is 5. The number of carbonyl (C=O) groups is 2. The molecule has 3 rings (SSSR count). The lowest BCUT2D eigenvalue weighted by Gasteiger charge is -2.08. The number of hydrogen-bond donors (Lipinski definition) is 1. The van der Waals surface area contributed by atoms with Crippen molar-refractivity contribution in [2.75, 3.05) is 12.4 Å². The van der Waals surface area contributed by atoms with Crippen LogP contribution in [-0.2, 0) is 16.0 Å². The van der Waals surface area contributed by atoms with Gasteiger partial charge in [0.15, 0.2) is 0 Å². The summed E-state index contributed by atoms with van der Waals surface area (Å²) in [6, 6.07) is 12.6. The second-order valence-electron chi connectivity index (χ2n) is 5.92. The first-order chi connectivity index (χ1) is 13.0. The van der Waals surface area contributed by atoms with E-state index < -0.39 is 5.97 Å². The maximum absolute atomic E-state index is 12.4. The molecule has 1 heterocycles. The van der Waals surface area contributed by atoms with E-state index in [1.807, 2.05) is 30.5 Å². The highest BCUT2D eigenvalue weighted by Crippen LogP contribution is 2.26. The highest BCUT2D eigenvalue weighted by atomic mass is 35.5. The third-order valence-electron chi connectivity index (χ3n) is 3.82. The van der Waals surface area contributed by atoms with Gasteiger partial charge in [0, 0.05) is 10.9 Å². The fourth-order valence-corrected chi connectivity index (χ4v) is 3.51. The first-order valence-corrected chi connectivity index (χ1v) is 9.41. The lowest BCUT2D eigenvalue weighted by molar-refractivity contribution is -0.115. The minimum absolute atomic E-state index is 0.112. The molecule has 0 bridgehead atoms. The second kappa shape index (κ2) is 8.33. The van der Waals surface area contributed by atoms with Gasteiger partial charge in [-0.25, -0.2) is 9.78 Å². The zero-order valence-corrected chi connectivity index (χ0v) is 16.4. The molecular weight excluding hydrogens is 384 g/mol. The Hall–Kier alpha value is -2.70. The molecule has 0 aliphatic heterocycles. The highest BCUT2D eigenvalue weighted by molar-refractivity contribution is 7.13. The Labute approximate surface area is 166 Å². The van der Waals surface area contributed by atoms with Crippen LogP contribution in [0, 0.1) is 6.92 Å². The molecule has 0 atom stereocenters. The molecule has 0 radical (unpaired) electrons. The zero-order valence-electron chi connectivity index (χ0n) is 14.8. The smallest absolute Gasteiger partial charge is 0.337 e. The first kappa shape index (κ1) is 19.1. The van der Waals surface area contributed by atoms with Gasteiger partial charge in [-0.3, -0.25) is 4.79 Å². The average molecular weight is 401 g/mol. The van der Waals surface area contributed by atoms with Crippen LogP contribution in [0.4, 0.5) is 5.69 Å². The molecule has 3 aromatic rings. The lowest BCUT2D eigenvalue weighted by atomic mass is 10.1. The van der Waals surface area contributed by atoms with E-state index in [9.17, 15) is 9.59 Å². The monoisotopic (exact) mass is 400 g/mol. The average Bonchev–Trinajstić information content (AvgIpc) is 3.11. The summed E-state index contributed by atoms with van der Waals surface area (Å²) in [4.78, 5) is 28.5. The number of aryl methyl sites for hydroxylation is 1. The standard InChI is InChI=1S/C20H17ClN2O3S/c1-12-4-3-5-13(8-12)19-22-15(11-27-19)10-18(24)23-17-9-14(20(25)26-2)6-7-16(17)21/h3-9,11H,10H2,1-2H3,(H,23,24). The SMILES string of the molecule is COC(=O)c1ccc(Cl)c(NC(=O)Cc2csc(-c3cccc(C)c3)n2)c1. The summed E-state index contributed by atoms with van der Waals surface area (Å²) in [5, 5.41) is 5.80. The number of anilines is 1. The molecule has 1 N–H and O–H groups in total. The summed E-state index contributed by atoms with van der Waals surface area (Å²) in [5.41, 5.74) is 3.53. The summed E-state index contributed by atoms with van der Waals surface area (Å²) >= 11 is 7.60. The van der Waals surface area contributed by atoms with E-state index in [1.54, 1.807) is 12.1 Å². The number of halogens is 1. The third kappa shape index (κ3) is 4.72. The third-order valence-corrected chi connectivity index (χ3v) is 5.09. The normalized spacial score (nSPS) is 10.5. The van der Waals surface area contributed by atoms with Crippen molar-refractivity contribution >= 4 is 40.5 Å². The fraction of sp³-hybridized carbons (Fsp3) is 0.150. The molecule has 0 aliphatic carbocycles. The maximum atomic E-state index is 12.4. The molecule has 7 heteroatoms. The summed E-state index contributed by atoms with van der Waals surface area (Å²) in [6.45, 7) is 2.03. The van der Waals surface area contributed by atoms with Gasteiger partial charge in [0.1, 0.15) is 5.01 Å². The largest absolute Gasteiger partial charge is 0.465 e. The Balaban J connectivity index is 1.71. The topological polar surface area (TPSA) is 68.3 Å². The van der Waals surface area contributed by atoms with Gasteiger partial charge in [-0.1, -0.05) is 35.4 Å². The number of nitrogens with one attached hydrogen (secondary N) is 1. The van der Waals surface area contributed by atoms with Crippen molar-refractivity contribution < 1.29 is 14.3 Å². The summed E-state index contributed by atoms with van der Waals surface area (Å²) < 4.78 is 4.68. The number of amides is 1. The maximum Gasteiger partial charge on any atom is 0.337 e. The molecule has 0 spiro atoms. The number of carbonyl (C=O) groups excluding carboxylic acids is 2. The van der Waals surface area contributed by atoms with Crippen LogP contribution in [-0.4, -0.2) is 24.0 Å². The van der Waals surface area contributed by atoms with Crippen molar-refractivity contribution in [2.24, 2.45) is 0 Å². The molecule has 27 heavy (non-hydrogen) atoms. The predicted molar refractivity (Wildman–Crippen MR) is 107 cm³/mol. The van der Waals surface area contributed by atoms with Crippen LogP contribution < -0.4 is 5.32 Å². The van der Waals surface area contributed by atoms with Gasteiger partial charge in [-0.2, -0.15) is 0 Å². The molecule has 0 saturated heterocycles. The zero-order chi connectivity index (χ0) is 19.4. The van der Waals surface area contributed by atoms with E-state index >= 15 is 0 Å². The van der Waals surface area contributed by atoms with Crippen LogP contribution in [0.1, 0.15) is 21.6 Å². The minimum atomic E-state index is -0.496. The van der Waals surface area contributed by atoms with Crippen molar-refractivity contribution in [3.05, 3.63) is 69.7 Å². The van der Waals surface area contributed by atoms with Gasteiger partial charge in [0.05, 0.1) is 35.5 Å². The van der Waals surface area contributed by atoms with Gasteiger partial charge >= 0.3 is 5.97 Å². The van der Waals surface area contributed by atoms with E-state index in [0.29, 0.717) is 22.0 Å². The number of thiazole rings is 1. The van der Waals surface area contributed by atoms with E-state index in [0.717, 1.165) is 16.1 Å². The number of nitrogens with zero attached hydrogens (tertiary/aromatic N) is 1. The highest BCUT2D eigenvalue weighted by Gasteiger charge is 2.13. The Morgan fingerprint density at radius 2 is 2.04 bits per heavy atom. The van der Waals surface area contributed by atoms with Crippen molar-refractivity contribution in [1.29, 1.82) is 0 Å². The van der Waals surface area contributed by atoms with Crippen LogP contribution in [0.25, 0.3) is 10.6 Å². The van der Waals surface area contributed by atoms with Gasteiger partial charge in [0.25, 0.3) is 0 Å². The van der Waals surface area contributed by atoms with Crippen LogP contribution in [0.3, 0.4) is 0 Å². The number of methoxy groups -OCH3 is 1. The van der Waals surface area contributed by atoms with Gasteiger partial charge in [-0.05, 0) is 31.2 Å². The summed E-state index contributed by atoms with van der Waals surface area (Å²) in [7, 11) is 1.29. The lowest BCUT2D eigenvalue weighted by Crippen LogP contribution is -2.15. The molecule has 1 amide bonds. The quantitative estimate of drug-likeness (QED) is 0.628. The Morgan fingerprint density at radius 3 is 2.78 bits per heavy atom. The summed E-state index contributed by atoms with van der Waals surface area (Å²) in [6.07, 6.45) is 0.112. The van der Waals surface area contributed by atoms with E-state index in [1.165, 1.54) is 24.5 Å². The minimum Gasteiger partial charge on any atom is -0.465 e. The van der Waals surface area contributed by atoms with E-state index in [4.69, 9.17) is 11.6 Å².